The van der Waals surface area contributed by atoms with Gasteiger partial charge in [0.2, 0.25) is 11.8 Å². The highest BCUT2D eigenvalue weighted by Crippen LogP contribution is 2.52. The van der Waals surface area contributed by atoms with Crippen LogP contribution in [-0.2, 0) is 15.2 Å². The Morgan fingerprint density at radius 3 is 2.02 bits per heavy atom. The van der Waals surface area contributed by atoms with Crippen molar-refractivity contribution < 1.29 is 50.5 Å². The molecule has 0 unspecified atom stereocenters. The topological polar surface area (TPSA) is 81.1 Å². The minimum absolute atomic E-state index is 0.0621. The van der Waals surface area contributed by atoms with Crippen LogP contribution in [0, 0.1) is 11.3 Å². The molecule has 2 saturated heterocycles. The largest absolute Gasteiger partial charge is 0.430 e. The lowest BCUT2D eigenvalue weighted by Crippen LogP contribution is -2.53. The maximum Gasteiger partial charge on any atom is 0.430 e. The van der Waals surface area contributed by atoms with E-state index >= 15 is 0 Å². The Labute approximate surface area is 238 Å². The summed E-state index contributed by atoms with van der Waals surface area (Å²) < 4.78 is 94.4. The van der Waals surface area contributed by atoms with Crippen molar-refractivity contribution in [3.8, 4) is 0 Å². The number of piperidine rings is 1. The summed E-state index contributed by atoms with van der Waals surface area (Å²) in [6, 6.07) is 2.99. The molecule has 2 atom stereocenters. The predicted octanol–water partition coefficient (Wildman–Crippen LogP) is 5.15. The lowest BCUT2D eigenvalue weighted by Gasteiger charge is -2.35. The van der Waals surface area contributed by atoms with E-state index in [4.69, 9.17) is 0 Å². The molecule has 13 heteroatoms. The third-order valence-electron chi connectivity index (χ3n) is 8.34. The summed E-state index contributed by atoms with van der Waals surface area (Å²) in [4.78, 5) is 28.3. The molecule has 232 valence electrons. The average Bonchev–Trinajstić information content (AvgIpc) is 3.35. The highest BCUT2D eigenvalue weighted by molar-refractivity contribution is 5.80. The molecule has 0 saturated carbocycles. The fraction of sp³-hybridized carbons (Fsp3) is 0.517. The van der Waals surface area contributed by atoms with Crippen LogP contribution in [0.4, 0.5) is 30.7 Å². The van der Waals surface area contributed by atoms with Gasteiger partial charge in [-0.2, -0.15) is 26.3 Å². The first-order valence-electron chi connectivity index (χ1n) is 13.2. The molecule has 42 heavy (non-hydrogen) atoms. The molecule has 2 aliphatic rings. The molecule has 0 radical (unpaired) electrons. The van der Waals surface area contributed by atoms with Crippen molar-refractivity contribution in [1.82, 2.24) is 9.80 Å². The Morgan fingerprint density at radius 2 is 1.57 bits per heavy atom. The number of carbonyl (C=O) groups is 2. The first-order valence-corrected chi connectivity index (χ1v) is 13.2. The molecule has 0 aliphatic carbocycles. The van der Waals surface area contributed by atoms with E-state index in [0.29, 0.717) is 38.1 Å². The Morgan fingerprint density at radius 1 is 1.02 bits per heavy atom. The van der Waals surface area contributed by atoms with Gasteiger partial charge in [-0.3, -0.25) is 9.59 Å². The van der Waals surface area contributed by atoms with Crippen molar-refractivity contribution in [2.75, 3.05) is 32.8 Å². The Balaban J connectivity index is 2.01. The van der Waals surface area contributed by atoms with Gasteiger partial charge in [0.1, 0.15) is 5.83 Å². The van der Waals surface area contributed by atoms with Gasteiger partial charge in [-0.05, 0) is 37.0 Å². The Kier molecular flexibility index (Phi) is 9.67. The second-order valence-corrected chi connectivity index (χ2v) is 10.7. The summed E-state index contributed by atoms with van der Waals surface area (Å²) in [7, 11) is 0. The maximum atomic E-state index is 13.9. The van der Waals surface area contributed by atoms with Crippen molar-refractivity contribution in [2.45, 2.75) is 50.6 Å². The first kappa shape index (κ1) is 33.3. The van der Waals surface area contributed by atoms with E-state index in [1.54, 1.807) is 4.90 Å². The van der Waals surface area contributed by atoms with Gasteiger partial charge >= 0.3 is 12.4 Å². The fourth-order valence-corrected chi connectivity index (χ4v) is 5.68. The van der Waals surface area contributed by atoms with Gasteiger partial charge in [0.15, 0.2) is 0 Å². The predicted molar refractivity (Wildman–Crippen MR) is 139 cm³/mol. The number of benzene rings is 1. The highest BCUT2D eigenvalue weighted by atomic mass is 19.4. The van der Waals surface area contributed by atoms with Crippen LogP contribution in [0.5, 0.6) is 0 Å². The van der Waals surface area contributed by atoms with Gasteiger partial charge in [0, 0.05) is 55.9 Å². The van der Waals surface area contributed by atoms with E-state index in [2.05, 4.69) is 6.58 Å². The number of aliphatic hydroxyl groups is 2. The van der Waals surface area contributed by atoms with E-state index in [1.807, 2.05) is 0 Å². The summed E-state index contributed by atoms with van der Waals surface area (Å²) in [5, 5.41) is 20.4. The number of carbonyl (C=O) groups excluding carboxylic acids is 2. The van der Waals surface area contributed by atoms with E-state index < -0.39 is 53.2 Å². The van der Waals surface area contributed by atoms with Crippen LogP contribution in [-0.4, -0.2) is 77.0 Å². The smallest absolute Gasteiger partial charge is 0.395 e. The third kappa shape index (κ3) is 6.12. The van der Waals surface area contributed by atoms with Crippen LogP contribution in [0.1, 0.15) is 43.7 Å². The molecule has 2 fully saturated rings. The molecular weight excluding hydrogens is 573 g/mol. The summed E-state index contributed by atoms with van der Waals surface area (Å²) in [6.07, 6.45) is -7.78. The molecule has 6 nitrogen and oxygen atoms in total. The van der Waals surface area contributed by atoms with E-state index in [1.165, 1.54) is 30.9 Å². The van der Waals surface area contributed by atoms with Crippen molar-refractivity contribution in [1.29, 1.82) is 0 Å². The summed E-state index contributed by atoms with van der Waals surface area (Å²) in [5.41, 5.74) is -7.54. The van der Waals surface area contributed by atoms with Crippen molar-refractivity contribution >= 4 is 11.8 Å². The fourth-order valence-electron chi connectivity index (χ4n) is 5.68. The lowest BCUT2D eigenvalue weighted by atomic mass is 9.70. The molecule has 2 amide bonds. The van der Waals surface area contributed by atoms with Crippen molar-refractivity contribution in [2.24, 2.45) is 11.3 Å². The van der Waals surface area contributed by atoms with Crippen molar-refractivity contribution in [3.05, 3.63) is 71.6 Å². The molecule has 3 rings (SSSR count). The molecule has 2 aliphatic heterocycles. The molecule has 1 aromatic rings. The number of halogens is 7. The minimum Gasteiger partial charge on any atom is -0.395 e. The highest BCUT2D eigenvalue weighted by Gasteiger charge is 2.71. The first-order chi connectivity index (χ1) is 19.4. The maximum absolute atomic E-state index is 13.9. The van der Waals surface area contributed by atoms with E-state index in [-0.39, 0.29) is 36.0 Å². The molecule has 1 aromatic carbocycles. The molecule has 0 bridgehead atoms. The average molecular weight is 607 g/mol. The molecule has 0 spiro atoms. The minimum atomic E-state index is -6.06. The number of allylic oxidation sites excluding steroid dienone is 4. The normalized spacial score (nSPS) is 23.1. The standard InChI is InChI=1S/C29H33F7N2O4/c1-4-23(30)10-5-18(2)26(17-39)16-38(25(41)21-11-13-37(14-12-21)19(3)40)15-24(26)20-6-8-22(9-7-20)27(42,28(31,32)33)29(34,35)36/h4-10,21,24,39,42H,2,11-17H2,1,3H3/b10-5-,23-4+/t24-,26-/m0/s1. The second-order valence-electron chi connectivity index (χ2n) is 10.7. The number of likely N-dealkylation sites (tertiary alicyclic amines) is 2. The van der Waals surface area contributed by atoms with E-state index in [0.717, 1.165) is 18.2 Å². The van der Waals surface area contributed by atoms with Crippen LogP contribution in [0.2, 0.25) is 0 Å². The van der Waals surface area contributed by atoms with Gasteiger partial charge < -0.3 is 20.0 Å². The van der Waals surface area contributed by atoms with Crippen LogP contribution < -0.4 is 0 Å². The van der Waals surface area contributed by atoms with Crippen LogP contribution in [0.25, 0.3) is 0 Å². The van der Waals surface area contributed by atoms with Crippen LogP contribution in [0.3, 0.4) is 0 Å². The second kappa shape index (κ2) is 12.2. The monoisotopic (exact) mass is 606 g/mol. The number of amides is 2. The van der Waals surface area contributed by atoms with E-state index in [9.17, 15) is 50.5 Å². The quantitative estimate of drug-likeness (QED) is 0.333. The van der Waals surface area contributed by atoms with Gasteiger partial charge in [0.05, 0.1) is 6.61 Å². The number of aliphatic hydroxyl groups excluding tert-OH is 1. The van der Waals surface area contributed by atoms with Crippen LogP contribution in [0.15, 0.2) is 60.5 Å². The number of nitrogens with zero attached hydrogens (tertiary/aromatic N) is 2. The number of alkyl halides is 6. The molecular formula is C29H33F7N2O4. The Bertz CT molecular complexity index is 1220. The summed E-state index contributed by atoms with van der Waals surface area (Å²) in [6.45, 7) is 6.79. The summed E-state index contributed by atoms with van der Waals surface area (Å²) >= 11 is 0. The van der Waals surface area contributed by atoms with Crippen LogP contribution >= 0.6 is 0 Å². The zero-order chi connectivity index (χ0) is 31.7. The number of hydrogen-bond acceptors (Lipinski definition) is 4. The Hall–Kier alpha value is -3.19. The van der Waals surface area contributed by atoms with Gasteiger partial charge in [-0.25, -0.2) is 4.39 Å². The molecule has 2 N–H and O–H groups in total. The van der Waals surface area contributed by atoms with Gasteiger partial charge in [0.25, 0.3) is 5.60 Å². The number of hydrogen-bond donors (Lipinski definition) is 2. The zero-order valence-corrected chi connectivity index (χ0v) is 23.1. The molecule has 2 heterocycles. The van der Waals surface area contributed by atoms with Gasteiger partial charge in [-0.1, -0.05) is 43.0 Å². The molecule has 0 aromatic heterocycles. The lowest BCUT2D eigenvalue weighted by molar-refractivity contribution is -0.376. The van der Waals surface area contributed by atoms with Gasteiger partial charge in [-0.15, -0.1) is 0 Å². The summed E-state index contributed by atoms with van der Waals surface area (Å²) in [5.74, 6) is -2.32. The van der Waals surface area contributed by atoms with Crippen molar-refractivity contribution in [3.63, 3.8) is 0 Å². The number of rotatable bonds is 7. The zero-order valence-electron chi connectivity index (χ0n) is 23.1. The SMILES string of the molecule is C=C(/C=C\C(F)=C/C)[C@@]1(CO)CN(C(=O)C2CCN(C(C)=O)CC2)C[C@H]1c1ccc(C(O)(C(F)(F)F)C(F)(F)F)cc1. The third-order valence-corrected chi connectivity index (χ3v) is 8.34.